The first-order valence-electron chi connectivity index (χ1n) is 6.83. The summed E-state index contributed by atoms with van der Waals surface area (Å²) < 4.78 is 23.2. The predicted molar refractivity (Wildman–Crippen MR) is 81.8 cm³/mol. The molecule has 5 heteroatoms. The van der Waals surface area contributed by atoms with Gasteiger partial charge in [0, 0.05) is 11.6 Å². The van der Waals surface area contributed by atoms with Crippen LogP contribution in [0.1, 0.15) is 28.9 Å². The summed E-state index contributed by atoms with van der Waals surface area (Å²) in [4.78, 5) is 12.3. The minimum absolute atomic E-state index is 0.245. The summed E-state index contributed by atoms with van der Waals surface area (Å²) >= 11 is 0. The zero-order valence-corrected chi connectivity index (χ0v) is 12.7. The number of rotatable bonds is 5. The van der Waals surface area contributed by atoms with E-state index in [1.54, 1.807) is 30.3 Å². The monoisotopic (exact) mass is 303 g/mol. The van der Waals surface area contributed by atoms with Crippen LogP contribution in [0.2, 0.25) is 0 Å². The van der Waals surface area contributed by atoms with Gasteiger partial charge >= 0.3 is 0 Å². The van der Waals surface area contributed by atoms with Crippen LogP contribution < -0.4 is 14.8 Å². The summed E-state index contributed by atoms with van der Waals surface area (Å²) in [5, 5.41) is 2.86. The van der Waals surface area contributed by atoms with E-state index in [1.165, 1.54) is 26.4 Å². The summed E-state index contributed by atoms with van der Waals surface area (Å²) in [6.45, 7) is 1.84. The lowest BCUT2D eigenvalue weighted by atomic mass is 10.1. The highest BCUT2D eigenvalue weighted by Gasteiger charge is 2.13. The highest BCUT2D eigenvalue weighted by atomic mass is 19.1. The Labute approximate surface area is 128 Å². The van der Waals surface area contributed by atoms with Gasteiger partial charge < -0.3 is 14.8 Å². The summed E-state index contributed by atoms with van der Waals surface area (Å²) in [5.74, 6) is 0.520. The fraction of sp³-hybridized carbons (Fsp3) is 0.235. The number of benzene rings is 2. The second kappa shape index (κ2) is 6.93. The van der Waals surface area contributed by atoms with Crippen molar-refractivity contribution < 1.29 is 18.7 Å². The van der Waals surface area contributed by atoms with Crippen molar-refractivity contribution in [2.24, 2.45) is 0 Å². The number of amides is 1. The molecule has 0 aliphatic heterocycles. The van der Waals surface area contributed by atoms with Crippen molar-refractivity contribution >= 4 is 5.91 Å². The van der Waals surface area contributed by atoms with Crippen LogP contribution in [-0.2, 0) is 0 Å². The van der Waals surface area contributed by atoms with Crippen LogP contribution >= 0.6 is 0 Å². The van der Waals surface area contributed by atoms with Gasteiger partial charge in [-0.15, -0.1) is 0 Å². The van der Waals surface area contributed by atoms with E-state index in [0.717, 1.165) is 5.56 Å². The molecule has 22 heavy (non-hydrogen) atoms. The Hall–Kier alpha value is -2.56. The average Bonchev–Trinajstić information content (AvgIpc) is 2.54. The Kier molecular flexibility index (Phi) is 4.99. The Bertz CT molecular complexity index is 633. The van der Waals surface area contributed by atoms with E-state index >= 15 is 0 Å². The maximum atomic E-state index is 12.9. The molecule has 4 nitrogen and oxygen atoms in total. The van der Waals surface area contributed by atoms with Crippen molar-refractivity contribution in [2.75, 3.05) is 14.2 Å². The smallest absolute Gasteiger partial charge is 0.252 e. The molecule has 0 spiro atoms. The Morgan fingerprint density at radius 1 is 1.05 bits per heavy atom. The predicted octanol–water partition coefficient (Wildman–Crippen LogP) is 3.33. The third-order valence-corrected chi connectivity index (χ3v) is 3.33. The maximum Gasteiger partial charge on any atom is 0.252 e. The van der Waals surface area contributed by atoms with Crippen LogP contribution in [-0.4, -0.2) is 20.1 Å². The highest BCUT2D eigenvalue weighted by Crippen LogP contribution is 2.23. The van der Waals surface area contributed by atoms with Crippen LogP contribution in [0, 0.1) is 5.82 Å². The molecule has 0 unspecified atom stereocenters. The molecule has 0 aliphatic carbocycles. The number of ether oxygens (including phenoxy) is 2. The van der Waals surface area contributed by atoms with Gasteiger partial charge in [0.05, 0.1) is 20.3 Å². The van der Waals surface area contributed by atoms with E-state index in [2.05, 4.69) is 5.32 Å². The molecular weight excluding hydrogens is 285 g/mol. The van der Waals surface area contributed by atoms with Gasteiger partial charge in [-0.05, 0) is 36.8 Å². The molecule has 2 rings (SSSR count). The van der Waals surface area contributed by atoms with Crippen molar-refractivity contribution in [3.8, 4) is 11.5 Å². The van der Waals surface area contributed by atoms with Crippen molar-refractivity contribution in [1.29, 1.82) is 0 Å². The number of hydrogen-bond acceptors (Lipinski definition) is 3. The molecule has 1 N–H and O–H groups in total. The van der Waals surface area contributed by atoms with Crippen LogP contribution in [0.25, 0.3) is 0 Å². The van der Waals surface area contributed by atoms with E-state index in [4.69, 9.17) is 9.47 Å². The molecule has 0 saturated heterocycles. The summed E-state index contributed by atoms with van der Waals surface area (Å²) in [6.07, 6.45) is 0. The molecule has 2 aromatic carbocycles. The molecule has 0 fully saturated rings. The topological polar surface area (TPSA) is 47.6 Å². The molecule has 0 heterocycles. The lowest BCUT2D eigenvalue weighted by molar-refractivity contribution is 0.0939. The lowest BCUT2D eigenvalue weighted by Gasteiger charge is -2.15. The quantitative estimate of drug-likeness (QED) is 0.921. The summed E-state index contributed by atoms with van der Waals surface area (Å²) in [5.41, 5.74) is 1.26. The maximum absolute atomic E-state index is 12.9. The normalized spacial score (nSPS) is 11.6. The van der Waals surface area contributed by atoms with Crippen molar-refractivity contribution in [3.63, 3.8) is 0 Å². The zero-order valence-electron chi connectivity index (χ0n) is 12.7. The van der Waals surface area contributed by atoms with E-state index in [1.807, 2.05) is 6.92 Å². The number of carbonyl (C=O) groups excluding carboxylic acids is 1. The first-order valence-corrected chi connectivity index (χ1v) is 6.83. The Balaban J connectivity index is 2.16. The average molecular weight is 303 g/mol. The van der Waals surface area contributed by atoms with Crippen LogP contribution in [0.4, 0.5) is 4.39 Å². The number of hydrogen-bond donors (Lipinski definition) is 1. The minimum atomic E-state index is -0.306. The molecule has 0 aliphatic rings. The van der Waals surface area contributed by atoms with E-state index in [-0.39, 0.29) is 17.8 Å². The molecule has 0 aromatic heterocycles. The van der Waals surface area contributed by atoms with E-state index < -0.39 is 0 Å². The van der Waals surface area contributed by atoms with Crippen molar-refractivity contribution in [1.82, 2.24) is 5.32 Å². The number of methoxy groups -OCH3 is 2. The van der Waals surface area contributed by atoms with Gasteiger partial charge in [-0.1, -0.05) is 12.1 Å². The number of nitrogens with one attached hydrogen (secondary N) is 1. The van der Waals surface area contributed by atoms with Gasteiger partial charge in [0.1, 0.15) is 17.3 Å². The summed E-state index contributed by atoms with van der Waals surface area (Å²) in [6, 6.07) is 10.7. The van der Waals surface area contributed by atoms with Crippen LogP contribution in [0.5, 0.6) is 11.5 Å². The number of carbonyl (C=O) groups is 1. The van der Waals surface area contributed by atoms with E-state index in [0.29, 0.717) is 17.1 Å². The van der Waals surface area contributed by atoms with Crippen LogP contribution in [0.15, 0.2) is 42.5 Å². The Morgan fingerprint density at radius 3 is 2.09 bits per heavy atom. The number of halogens is 1. The fourth-order valence-electron chi connectivity index (χ4n) is 2.05. The van der Waals surface area contributed by atoms with Gasteiger partial charge in [0.15, 0.2) is 0 Å². The third-order valence-electron chi connectivity index (χ3n) is 3.33. The third kappa shape index (κ3) is 3.75. The molecule has 116 valence electrons. The molecule has 0 radical (unpaired) electrons. The second-order valence-corrected chi connectivity index (χ2v) is 4.85. The zero-order chi connectivity index (χ0) is 16.1. The molecule has 1 amide bonds. The van der Waals surface area contributed by atoms with Gasteiger partial charge in [-0.3, -0.25) is 4.79 Å². The molecule has 1 atom stereocenters. The van der Waals surface area contributed by atoms with Crippen LogP contribution in [0.3, 0.4) is 0 Å². The van der Waals surface area contributed by atoms with Gasteiger partial charge in [0.2, 0.25) is 0 Å². The standard InChI is InChI=1S/C17H18FNO3/c1-11(12-4-6-14(18)7-5-12)19-17(20)13-8-15(21-2)10-16(9-13)22-3/h4-11H,1-3H3,(H,19,20)/t11-/m0/s1. The van der Waals surface area contributed by atoms with Gasteiger partial charge in [0.25, 0.3) is 5.91 Å². The fourth-order valence-corrected chi connectivity index (χ4v) is 2.05. The van der Waals surface area contributed by atoms with E-state index in [9.17, 15) is 9.18 Å². The van der Waals surface area contributed by atoms with Gasteiger partial charge in [-0.25, -0.2) is 4.39 Å². The van der Waals surface area contributed by atoms with Gasteiger partial charge in [-0.2, -0.15) is 0 Å². The first kappa shape index (κ1) is 15.8. The Morgan fingerprint density at radius 2 is 1.59 bits per heavy atom. The lowest BCUT2D eigenvalue weighted by Crippen LogP contribution is -2.26. The van der Waals surface area contributed by atoms with Crippen molar-refractivity contribution in [2.45, 2.75) is 13.0 Å². The molecule has 2 aromatic rings. The molecule has 0 saturated carbocycles. The molecular formula is C17H18FNO3. The molecule has 0 bridgehead atoms. The minimum Gasteiger partial charge on any atom is -0.497 e. The SMILES string of the molecule is COc1cc(OC)cc(C(=O)N[C@@H](C)c2ccc(F)cc2)c1. The second-order valence-electron chi connectivity index (χ2n) is 4.85. The largest absolute Gasteiger partial charge is 0.497 e. The van der Waals surface area contributed by atoms with Crippen molar-refractivity contribution in [3.05, 3.63) is 59.4 Å². The first-order chi connectivity index (χ1) is 10.5. The summed E-state index contributed by atoms with van der Waals surface area (Å²) in [7, 11) is 3.05. The highest BCUT2D eigenvalue weighted by molar-refractivity contribution is 5.95.